The summed E-state index contributed by atoms with van der Waals surface area (Å²) in [6, 6.07) is 17.6. The molecule has 0 atom stereocenters. The largest absolute Gasteiger partial charge is 0.493 e. The van der Waals surface area contributed by atoms with E-state index in [0.29, 0.717) is 5.69 Å². The van der Waals surface area contributed by atoms with E-state index in [1.54, 1.807) is 0 Å². The topological polar surface area (TPSA) is 84.3 Å². The van der Waals surface area contributed by atoms with E-state index < -0.39 is 0 Å². The third-order valence-electron chi connectivity index (χ3n) is 4.77. The summed E-state index contributed by atoms with van der Waals surface area (Å²) in [6.07, 6.45) is 0. The van der Waals surface area contributed by atoms with Gasteiger partial charge in [-0.15, -0.1) is 10.2 Å². The van der Waals surface area contributed by atoms with Crippen molar-refractivity contribution in [2.45, 2.75) is 0 Å². The molecule has 1 amide bonds. The lowest BCUT2D eigenvalue weighted by Gasteiger charge is -2.35. The van der Waals surface area contributed by atoms with Gasteiger partial charge in [0.1, 0.15) is 0 Å². The van der Waals surface area contributed by atoms with Crippen LogP contribution in [0.2, 0.25) is 0 Å². The molecule has 0 spiro atoms. The molecule has 4 rings (SSSR count). The Labute approximate surface area is 156 Å². The van der Waals surface area contributed by atoms with Crippen LogP contribution in [0.5, 0.6) is 5.88 Å². The van der Waals surface area contributed by atoms with Gasteiger partial charge in [0, 0.05) is 37.3 Å². The molecular formula is C20H21N5O2. The number of azo groups is 1. The van der Waals surface area contributed by atoms with Crippen LogP contribution in [0.4, 0.5) is 11.4 Å². The first-order valence-electron chi connectivity index (χ1n) is 8.97. The Morgan fingerprint density at radius 2 is 1.70 bits per heavy atom. The molecule has 1 aliphatic rings. The highest BCUT2D eigenvalue weighted by Crippen LogP contribution is 2.35. The Balaban J connectivity index is 1.35. The van der Waals surface area contributed by atoms with Gasteiger partial charge in [0.05, 0.1) is 12.1 Å². The Bertz CT molecular complexity index is 959. The lowest BCUT2D eigenvalue weighted by molar-refractivity contribution is -0.119. The number of hydrogen-bond donors (Lipinski definition) is 2. The Hall–Kier alpha value is -3.19. The van der Waals surface area contributed by atoms with E-state index in [4.69, 9.17) is 0 Å². The number of carbonyl (C=O) groups excluding carboxylic acids is 1. The number of H-pyrrole nitrogens is 1. The number of nitrogens with one attached hydrogen (secondary N) is 1. The minimum absolute atomic E-state index is 0.0794. The van der Waals surface area contributed by atoms with Gasteiger partial charge in [-0.25, -0.2) is 0 Å². The maximum absolute atomic E-state index is 12.2. The number of piperazine rings is 1. The van der Waals surface area contributed by atoms with Crippen molar-refractivity contribution in [2.75, 3.05) is 37.6 Å². The molecule has 27 heavy (non-hydrogen) atoms. The summed E-state index contributed by atoms with van der Waals surface area (Å²) in [5.41, 5.74) is 2.26. The zero-order chi connectivity index (χ0) is 18.6. The van der Waals surface area contributed by atoms with Gasteiger partial charge in [0.2, 0.25) is 5.88 Å². The number of anilines is 1. The van der Waals surface area contributed by atoms with Crippen LogP contribution in [0.15, 0.2) is 64.8 Å². The zero-order valence-corrected chi connectivity index (χ0v) is 14.9. The van der Waals surface area contributed by atoms with E-state index in [2.05, 4.69) is 37.1 Å². The van der Waals surface area contributed by atoms with E-state index in [1.165, 1.54) is 5.69 Å². The molecule has 1 aliphatic heterocycles. The fraction of sp³-hybridized carbons (Fsp3) is 0.250. The average Bonchev–Trinajstić information content (AvgIpc) is 3.03. The SMILES string of the molecule is O=C(CN1CCN(c2ccccc2)CC1)N=Nc1c(O)[nH]c2ccccc12. The highest BCUT2D eigenvalue weighted by molar-refractivity contribution is 5.94. The number of aromatic hydroxyl groups is 1. The normalized spacial score (nSPS) is 15.6. The number of rotatable bonds is 4. The van der Waals surface area contributed by atoms with Crippen molar-refractivity contribution in [3.05, 3.63) is 54.6 Å². The molecule has 0 unspecified atom stereocenters. The highest BCUT2D eigenvalue weighted by Gasteiger charge is 2.19. The van der Waals surface area contributed by atoms with Crippen molar-refractivity contribution in [3.8, 4) is 5.88 Å². The third-order valence-corrected chi connectivity index (χ3v) is 4.77. The molecule has 0 bridgehead atoms. The molecule has 7 heteroatoms. The van der Waals surface area contributed by atoms with Crippen LogP contribution in [0.1, 0.15) is 0 Å². The van der Waals surface area contributed by atoms with Crippen LogP contribution in [-0.4, -0.2) is 53.6 Å². The monoisotopic (exact) mass is 363 g/mol. The van der Waals surface area contributed by atoms with Gasteiger partial charge in [0.15, 0.2) is 5.69 Å². The summed E-state index contributed by atoms with van der Waals surface area (Å²) in [5, 5.41) is 18.5. The molecule has 2 N–H and O–H groups in total. The maximum Gasteiger partial charge on any atom is 0.278 e. The molecule has 2 aromatic carbocycles. The lowest BCUT2D eigenvalue weighted by Crippen LogP contribution is -2.47. The predicted molar refractivity (Wildman–Crippen MR) is 105 cm³/mol. The zero-order valence-electron chi connectivity index (χ0n) is 14.9. The molecule has 2 heterocycles. The minimum atomic E-state index is -0.312. The van der Waals surface area contributed by atoms with Gasteiger partial charge in [-0.05, 0) is 18.2 Å². The van der Waals surface area contributed by atoms with Crippen LogP contribution in [0, 0.1) is 0 Å². The summed E-state index contributed by atoms with van der Waals surface area (Å²) in [4.78, 5) is 19.4. The highest BCUT2D eigenvalue weighted by atomic mass is 16.3. The van der Waals surface area contributed by atoms with Crippen molar-refractivity contribution in [2.24, 2.45) is 10.2 Å². The van der Waals surface area contributed by atoms with Gasteiger partial charge in [-0.3, -0.25) is 9.69 Å². The van der Waals surface area contributed by atoms with Crippen molar-refractivity contribution in [1.29, 1.82) is 0 Å². The van der Waals surface area contributed by atoms with Crippen molar-refractivity contribution >= 4 is 28.2 Å². The molecule has 1 saturated heterocycles. The van der Waals surface area contributed by atoms with Crippen molar-refractivity contribution < 1.29 is 9.90 Å². The molecule has 0 saturated carbocycles. The fourth-order valence-corrected chi connectivity index (χ4v) is 3.35. The summed E-state index contributed by atoms with van der Waals surface area (Å²) < 4.78 is 0. The first-order valence-corrected chi connectivity index (χ1v) is 8.97. The maximum atomic E-state index is 12.2. The number of carbonyl (C=O) groups is 1. The number of para-hydroxylation sites is 2. The van der Waals surface area contributed by atoms with Crippen LogP contribution in [0.3, 0.4) is 0 Å². The van der Waals surface area contributed by atoms with E-state index in [1.807, 2.05) is 42.5 Å². The number of fused-ring (bicyclic) bond motifs is 1. The van der Waals surface area contributed by atoms with E-state index in [9.17, 15) is 9.90 Å². The second-order valence-corrected chi connectivity index (χ2v) is 6.56. The predicted octanol–water partition coefficient (Wildman–Crippen LogP) is 3.31. The molecule has 1 aromatic heterocycles. The Kier molecular flexibility index (Phi) is 4.84. The van der Waals surface area contributed by atoms with Crippen molar-refractivity contribution in [1.82, 2.24) is 9.88 Å². The Morgan fingerprint density at radius 1 is 1.00 bits per heavy atom. The standard InChI is InChI=1S/C20H21N5O2/c26-18(22-23-19-16-8-4-5-9-17(16)21-20(19)27)14-24-10-12-25(13-11-24)15-6-2-1-3-7-15/h1-9,21,27H,10-14H2. The quantitative estimate of drug-likeness (QED) is 0.697. The van der Waals surface area contributed by atoms with E-state index in [0.717, 1.165) is 37.1 Å². The fourth-order valence-electron chi connectivity index (χ4n) is 3.35. The Morgan fingerprint density at radius 3 is 2.48 bits per heavy atom. The molecule has 3 aromatic rings. The summed E-state index contributed by atoms with van der Waals surface area (Å²) in [6.45, 7) is 3.58. The van der Waals surface area contributed by atoms with Crippen LogP contribution in [0.25, 0.3) is 10.9 Å². The number of aromatic nitrogens is 1. The molecule has 138 valence electrons. The third kappa shape index (κ3) is 3.83. The second kappa shape index (κ2) is 7.59. The molecule has 7 nitrogen and oxygen atoms in total. The van der Waals surface area contributed by atoms with E-state index in [-0.39, 0.29) is 18.3 Å². The van der Waals surface area contributed by atoms with Gasteiger partial charge < -0.3 is 15.0 Å². The molecule has 0 aliphatic carbocycles. The first kappa shape index (κ1) is 17.2. The van der Waals surface area contributed by atoms with Crippen LogP contribution in [-0.2, 0) is 4.79 Å². The summed E-state index contributed by atoms with van der Waals surface area (Å²) in [5.74, 6) is -0.392. The molecule has 0 radical (unpaired) electrons. The number of aromatic amines is 1. The molecular weight excluding hydrogens is 342 g/mol. The lowest BCUT2D eigenvalue weighted by atomic mass is 10.2. The van der Waals surface area contributed by atoms with Crippen LogP contribution >= 0.6 is 0 Å². The van der Waals surface area contributed by atoms with Crippen molar-refractivity contribution in [3.63, 3.8) is 0 Å². The van der Waals surface area contributed by atoms with Gasteiger partial charge in [0.25, 0.3) is 5.91 Å². The number of hydrogen-bond acceptors (Lipinski definition) is 5. The van der Waals surface area contributed by atoms with Crippen LogP contribution < -0.4 is 4.90 Å². The summed E-state index contributed by atoms with van der Waals surface area (Å²) >= 11 is 0. The van der Waals surface area contributed by atoms with E-state index >= 15 is 0 Å². The average molecular weight is 363 g/mol. The number of benzene rings is 2. The first-order chi connectivity index (χ1) is 13.2. The van der Waals surface area contributed by atoms with Gasteiger partial charge in [-0.1, -0.05) is 36.4 Å². The smallest absolute Gasteiger partial charge is 0.278 e. The second-order valence-electron chi connectivity index (χ2n) is 6.56. The van der Waals surface area contributed by atoms with Gasteiger partial charge in [-0.2, -0.15) is 0 Å². The number of amides is 1. The number of nitrogens with zero attached hydrogens (tertiary/aromatic N) is 4. The summed E-state index contributed by atoms with van der Waals surface area (Å²) in [7, 11) is 0. The van der Waals surface area contributed by atoms with Gasteiger partial charge >= 0.3 is 0 Å². The minimum Gasteiger partial charge on any atom is -0.493 e. The molecule has 1 fully saturated rings.